The summed E-state index contributed by atoms with van der Waals surface area (Å²) in [4.78, 5) is 24.4. The minimum absolute atomic E-state index is 0.119. The molecule has 1 fully saturated rings. The lowest BCUT2D eigenvalue weighted by Gasteiger charge is -2.18. The van der Waals surface area contributed by atoms with Crippen molar-refractivity contribution in [2.45, 2.75) is 25.6 Å². The number of carboxylic acid groups (broad SMARTS) is 1. The molecule has 0 aromatic carbocycles. The van der Waals surface area contributed by atoms with E-state index in [0.29, 0.717) is 12.2 Å². The third kappa shape index (κ3) is 2.51. The van der Waals surface area contributed by atoms with Gasteiger partial charge in [0, 0.05) is 30.2 Å². The normalized spacial score (nSPS) is 22.8. The molecule has 1 amide bonds. The smallest absolute Gasteiger partial charge is 0.343 e. The van der Waals surface area contributed by atoms with Gasteiger partial charge in [0.15, 0.2) is 0 Å². The maximum absolute atomic E-state index is 13.9. The third-order valence-corrected chi connectivity index (χ3v) is 3.75. The Bertz CT molecular complexity index is 531. The zero-order chi connectivity index (χ0) is 14.2. The number of carbonyl (C=O) groups excluding carboxylic acids is 1. The summed E-state index contributed by atoms with van der Waals surface area (Å²) in [6.07, 6.45) is 1.60. The first-order valence-corrected chi connectivity index (χ1v) is 6.74. The Morgan fingerprint density at radius 3 is 2.79 bits per heavy atom. The highest BCUT2D eigenvalue weighted by atomic mass is 79.9. The Morgan fingerprint density at radius 2 is 2.26 bits per heavy atom. The van der Waals surface area contributed by atoms with E-state index in [1.54, 1.807) is 16.8 Å². The number of carbonyl (C=O) groups is 2. The van der Waals surface area contributed by atoms with Crippen LogP contribution in [0.5, 0.6) is 0 Å². The summed E-state index contributed by atoms with van der Waals surface area (Å²) >= 11 is 3.29. The lowest BCUT2D eigenvalue weighted by atomic mass is 10.1. The SMILES string of the molecule is CCn1cc(Br)cc1C(=O)N1CCC(F)(C(=O)O)C1. The lowest BCUT2D eigenvalue weighted by molar-refractivity contribution is -0.149. The van der Waals surface area contributed by atoms with E-state index in [-0.39, 0.29) is 18.9 Å². The molecule has 0 aliphatic carbocycles. The Morgan fingerprint density at radius 1 is 1.58 bits per heavy atom. The van der Waals surface area contributed by atoms with Crippen LogP contribution < -0.4 is 0 Å². The van der Waals surface area contributed by atoms with Gasteiger partial charge in [-0.3, -0.25) is 4.79 Å². The van der Waals surface area contributed by atoms with Crippen molar-refractivity contribution in [3.63, 3.8) is 0 Å². The van der Waals surface area contributed by atoms with Gasteiger partial charge >= 0.3 is 5.97 Å². The average molecular weight is 333 g/mol. The largest absolute Gasteiger partial charge is 0.479 e. The van der Waals surface area contributed by atoms with Crippen molar-refractivity contribution in [3.8, 4) is 0 Å². The highest BCUT2D eigenvalue weighted by molar-refractivity contribution is 9.10. The molecular weight excluding hydrogens is 319 g/mol. The Balaban J connectivity index is 2.20. The van der Waals surface area contributed by atoms with Gasteiger partial charge in [-0.1, -0.05) is 0 Å². The van der Waals surface area contributed by atoms with E-state index in [9.17, 15) is 14.0 Å². The van der Waals surface area contributed by atoms with Crippen LogP contribution in [0.4, 0.5) is 4.39 Å². The predicted octanol–water partition coefficient (Wildman–Crippen LogP) is 1.91. The number of nitrogens with zero attached hydrogens (tertiary/aromatic N) is 2. The number of aliphatic carboxylic acids is 1. The minimum atomic E-state index is -2.32. The molecule has 1 aromatic heterocycles. The van der Waals surface area contributed by atoms with Crippen molar-refractivity contribution in [1.29, 1.82) is 0 Å². The minimum Gasteiger partial charge on any atom is -0.479 e. The van der Waals surface area contributed by atoms with Crippen LogP contribution in [0.3, 0.4) is 0 Å². The molecule has 0 radical (unpaired) electrons. The molecule has 0 spiro atoms. The van der Waals surface area contributed by atoms with Crippen LogP contribution in [0.25, 0.3) is 0 Å². The molecule has 104 valence electrons. The molecule has 1 atom stereocenters. The van der Waals surface area contributed by atoms with Crippen LogP contribution >= 0.6 is 15.9 Å². The van der Waals surface area contributed by atoms with Crippen molar-refractivity contribution in [1.82, 2.24) is 9.47 Å². The number of aryl methyl sites for hydroxylation is 1. The zero-order valence-corrected chi connectivity index (χ0v) is 12.0. The predicted molar refractivity (Wildman–Crippen MR) is 69.8 cm³/mol. The number of alkyl halides is 1. The number of aromatic nitrogens is 1. The molecule has 1 aromatic rings. The summed E-state index contributed by atoms with van der Waals surface area (Å²) < 4.78 is 16.4. The molecule has 5 nitrogen and oxygen atoms in total. The van der Waals surface area contributed by atoms with E-state index < -0.39 is 18.2 Å². The number of hydrogen-bond acceptors (Lipinski definition) is 2. The van der Waals surface area contributed by atoms with Crippen molar-refractivity contribution in [2.75, 3.05) is 13.1 Å². The van der Waals surface area contributed by atoms with Crippen LogP contribution in [-0.2, 0) is 11.3 Å². The topological polar surface area (TPSA) is 62.5 Å². The Labute approximate surface area is 118 Å². The molecule has 0 bridgehead atoms. The zero-order valence-electron chi connectivity index (χ0n) is 10.4. The van der Waals surface area contributed by atoms with E-state index >= 15 is 0 Å². The van der Waals surface area contributed by atoms with Crippen LogP contribution in [0, 0.1) is 0 Å². The molecule has 2 heterocycles. The second-order valence-corrected chi connectivity index (χ2v) is 5.49. The summed E-state index contributed by atoms with van der Waals surface area (Å²) in [6, 6.07) is 1.66. The molecule has 1 unspecified atom stereocenters. The standard InChI is InChI=1S/C12H14BrFN2O3/c1-2-15-6-8(13)5-9(15)10(17)16-4-3-12(14,7-16)11(18)19/h5-6H,2-4,7H2,1H3,(H,18,19). The third-order valence-electron chi connectivity index (χ3n) is 3.31. The number of likely N-dealkylation sites (tertiary alicyclic amines) is 1. The monoisotopic (exact) mass is 332 g/mol. The van der Waals surface area contributed by atoms with Gasteiger partial charge < -0.3 is 14.6 Å². The van der Waals surface area contributed by atoms with Crippen molar-refractivity contribution < 1.29 is 19.1 Å². The van der Waals surface area contributed by atoms with Gasteiger partial charge in [0.2, 0.25) is 5.67 Å². The average Bonchev–Trinajstić information content (AvgIpc) is 2.93. The number of halogens is 2. The highest BCUT2D eigenvalue weighted by Crippen LogP contribution is 2.28. The molecule has 1 saturated heterocycles. The Kier molecular flexibility index (Phi) is 3.66. The molecule has 1 N–H and O–H groups in total. The molecule has 0 saturated carbocycles. The Hall–Kier alpha value is -1.37. The summed E-state index contributed by atoms with van der Waals surface area (Å²) in [5.74, 6) is -1.84. The number of carboxylic acids is 1. The van der Waals surface area contributed by atoms with Gasteiger partial charge in [0.25, 0.3) is 5.91 Å². The van der Waals surface area contributed by atoms with Crippen LogP contribution in [0.15, 0.2) is 16.7 Å². The van der Waals surface area contributed by atoms with Gasteiger partial charge in [-0.2, -0.15) is 0 Å². The van der Waals surface area contributed by atoms with Crippen LogP contribution in [0.1, 0.15) is 23.8 Å². The van der Waals surface area contributed by atoms with Gasteiger partial charge in [0.1, 0.15) is 5.69 Å². The fraction of sp³-hybridized carbons (Fsp3) is 0.500. The fourth-order valence-electron chi connectivity index (χ4n) is 2.20. The number of amides is 1. The van der Waals surface area contributed by atoms with E-state index in [0.717, 1.165) is 4.47 Å². The molecular formula is C12H14BrFN2O3. The van der Waals surface area contributed by atoms with E-state index in [1.165, 1.54) is 4.90 Å². The molecule has 1 aliphatic heterocycles. The van der Waals surface area contributed by atoms with E-state index in [1.807, 2.05) is 6.92 Å². The molecule has 1 aliphatic rings. The van der Waals surface area contributed by atoms with Crippen molar-refractivity contribution in [2.24, 2.45) is 0 Å². The van der Waals surface area contributed by atoms with Gasteiger partial charge in [-0.05, 0) is 28.9 Å². The lowest BCUT2D eigenvalue weighted by Crippen LogP contribution is -2.39. The second kappa shape index (κ2) is 4.96. The number of rotatable bonds is 3. The van der Waals surface area contributed by atoms with Crippen LogP contribution in [0.2, 0.25) is 0 Å². The summed E-state index contributed by atoms with van der Waals surface area (Å²) in [7, 11) is 0. The summed E-state index contributed by atoms with van der Waals surface area (Å²) in [5, 5.41) is 8.82. The first-order chi connectivity index (χ1) is 8.87. The quantitative estimate of drug-likeness (QED) is 0.919. The summed E-state index contributed by atoms with van der Waals surface area (Å²) in [5.41, 5.74) is -1.89. The maximum Gasteiger partial charge on any atom is 0.343 e. The maximum atomic E-state index is 13.9. The fourth-order valence-corrected chi connectivity index (χ4v) is 2.66. The van der Waals surface area contributed by atoms with Crippen LogP contribution in [-0.4, -0.2) is 45.2 Å². The highest BCUT2D eigenvalue weighted by Gasteiger charge is 2.47. The first-order valence-electron chi connectivity index (χ1n) is 5.94. The van der Waals surface area contributed by atoms with E-state index in [2.05, 4.69) is 15.9 Å². The van der Waals surface area contributed by atoms with E-state index in [4.69, 9.17) is 5.11 Å². The van der Waals surface area contributed by atoms with Gasteiger partial charge in [-0.15, -0.1) is 0 Å². The first kappa shape index (κ1) is 14.0. The molecule has 2 rings (SSSR count). The second-order valence-electron chi connectivity index (χ2n) is 4.58. The number of hydrogen-bond donors (Lipinski definition) is 1. The molecule has 7 heteroatoms. The van der Waals surface area contributed by atoms with Crippen molar-refractivity contribution >= 4 is 27.8 Å². The van der Waals surface area contributed by atoms with Gasteiger partial charge in [0.05, 0.1) is 6.54 Å². The summed E-state index contributed by atoms with van der Waals surface area (Å²) in [6.45, 7) is 2.23. The van der Waals surface area contributed by atoms with Gasteiger partial charge in [-0.25, -0.2) is 9.18 Å². The molecule has 19 heavy (non-hydrogen) atoms. The van der Waals surface area contributed by atoms with Crippen molar-refractivity contribution in [3.05, 3.63) is 22.4 Å².